The van der Waals surface area contributed by atoms with E-state index in [-0.39, 0.29) is 40.8 Å². The Morgan fingerprint density at radius 2 is 0.981 bits per heavy atom. The van der Waals surface area contributed by atoms with Gasteiger partial charge >= 0.3 is 12.2 Å². The summed E-state index contributed by atoms with van der Waals surface area (Å²) in [5, 5.41) is 0. The summed E-state index contributed by atoms with van der Waals surface area (Å²) in [5.74, 6) is -6.92. The third-order valence-corrected chi connectivity index (χ3v) is 11.1. The molecule has 2 heterocycles. The number of amides is 2. The van der Waals surface area contributed by atoms with Gasteiger partial charge < -0.3 is 19.3 Å². The van der Waals surface area contributed by atoms with E-state index in [0.717, 1.165) is 0 Å². The molecule has 7 rings (SSSR count). The van der Waals surface area contributed by atoms with Crippen LogP contribution < -0.4 is 0 Å². The molecule has 12 heteroatoms. The number of hydrogen-bond acceptors (Lipinski definition) is 10. The van der Waals surface area contributed by atoms with Crippen LogP contribution in [0.15, 0.2) is 36.4 Å². The number of Topliss-reactive ketones (excluding diaryl/α,β-unsaturated/α-hetero) is 6. The van der Waals surface area contributed by atoms with Crippen molar-refractivity contribution < 1.29 is 47.8 Å². The van der Waals surface area contributed by atoms with Crippen LogP contribution in [0.5, 0.6) is 0 Å². The average Bonchev–Trinajstić information content (AvgIpc) is 3.44. The minimum atomic E-state index is -1.45. The average molecular weight is 725 g/mol. The molecule has 0 radical (unpaired) electrons. The molecule has 2 unspecified atom stereocenters. The lowest BCUT2D eigenvalue weighted by molar-refractivity contribution is -0.141. The second-order valence-corrected chi connectivity index (χ2v) is 17.3. The fourth-order valence-electron chi connectivity index (χ4n) is 8.47. The molecule has 2 aromatic rings. The van der Waals surface area contributed by atoms with E-state index < -0.39 is 81.8 Å². The maximum Gasteiger partial charge on any atom is 0.410 e. The molecule has 2 saturated heterocycles. The Morgan fingerprint density at radius 3 is 1.42 bits per heavy atom. The Labute approximate surface area is 307 Å². The molecule has 0 aromatic heterocycles. The van der Waals surface area contributed by atoms with Crippen LogP contribution in [0.2, 0.25) is 0 Å². The first kappa shape index (κ1) is 36.4. The van der Waals surface area contributed by atoms with Gasteiger partial charge in [0.1, 0.15) is 23.0 Å². The number of ketones is 6. The molecule has 3 aliphatic carbocycles. The normalized spacial score (nSPS) is 22.7. The Balaban J connectivity index is 0.994. The second kappa shape index (κ2) is 12.6. The Bertz CT molecular complexity index is 1990. The highest BCUT2D eigenvalue weighted by atomic mass is 16.6. The van der Waals surface area contributed by atoms with Gasteiger partial charge in [-0.25, -0.2) is 9.59 Å². The summed E-state index contributed by atoms with van der Waals surface area (Å²) in [4.78, 5) is 109. The monoisotopic (exact) mass is 724 g/mol. The molecule has 5 aliphatic rings. The quantitative estimate of drug-likeness (QED) is 0.346. The summed E-state index contributed by atoms with van der Waals surface area (Å²) in [7, 11) is 0. The Hall–Kier alpha value is -5.00. The predicted molar refractivity (Wildman–Crippen MR) is 190 cm³/mol. The van der Waals surface area contributed by atoms with E-state index in [9.17, 15) is 38.4 Å². The lowest BCUT2D eigenvalue weighted by Gasteiger charge is -2.58. The fourth-order valence-corrected chi connectivity index (χ4v) is 8.47. The van der Waals surface area contributed by atoms with Crippen molar-refractivity contribution in [2.45, 2.75) is 78.4 Å². The number of ether oxygens (including phenoxy) is 2. The van der Waals surface area contributed by atoms with Gasteiger partial charge in [0.15, 0.2) is 34.7 Å². The maximum atomic E-state index is 13.6. The zero-order valence-corrected chi connectivity index (χ0v) is 30.9. The number of rotatable bonds is 5. The smallest absolute Gasteiger partial charge is 0.410 e. The van der Waals surface area contributed by atoms with Crippen LogP contribution >= 0.6 is 0 Å². The number of carbonyl (C=O) groups excluding carboxylic acids is 8. The number of hydrogen-bond donors (Lipinski definition) is 0. The summed E-state index contributed by atoms with van der Waals surface area (Å²) in [6.07, 6.45) is 0.770. The van der Waals surface area contributed by atoms with Crippen molar-refractivity contribution in [1.29, 1.82) is 0 Å². The molecule has 2 atom stereocenters. The number of carbonyl (C=O) groups is 8. The molecule has 2 aromatic carbocycles. The molecule has 12 nitrogen and oxygen atoms in total. The van der Waals surface area contributed by atoms with E-state index in [0.29, 0.717) is 49.9 Å². The van der Waals surface area contributed by atoms with Crippen molar-refractivity contribution in [2.75, 3.05) is 26.2 Å². The van der Waals surface area contributed by atoms with Crippen LogP contribution in [0.1, 0.15) is 109 Å². The molecule has 0 bridgehead atoms. The van der Waals surface area contributed by atoms with Crippen molar-refractivity contribution in [3.05, 3.63) is 58.7 Å². The molecule has 0 N–H and O–H groups in total. The van der Waals surface area contributed by atoms with Gasteiger partial charge in [-0.1, -0.05) is 24.3 Å². The molecular formula is C41H44N2O10. The fraction of sp³-hybridized carbons (Fsp3) is 0.512. The third-order valence-electron chi connectivity index (χ3n) is 11.1. The second-order valence-electron chi connectivity index (χ2n) is 17.3. The molecular weight excluding hydrogens is 680 g/mol. The van der Waals surface area contributed by atoms with E-state index in [1.54, 1.807) is 64.6 Å². The van der Waals surface area contributed by atoms with Crippen molar-refractivity contribution >= 4 is 46.9 Å². The summed E-state index contributed by atoms with van der Waals surface area (Å²) in [6, 6.07) is 9.37. The van der Waals surface area contributed by atoms with Gasteiger partial charge in [0.05, 0.1) is 0 Å². The van der Waals surface area contributed by atoms with Crippen LogP contribution in [0.3, 0.4) is 0 Å². The lowest BCUT2D eigenvalue weighted by atomic mass is 9.55. The molecule has 2 aliphatic heterocycles. The summed E-state index contributed by atoms with van der Waals surface area (Å²) < 4.78 is 10.9. The number of likely N-dealkylation sites (tertiary alicyclic amines) is 2. The number of piperidine rings is 1. The zero-order chi connectivity index (χ0) is 38.4. The van der Waals surface area contributed by atoms with Crippen molar-refractivity contribution in [1.82, 2.24) is 9.80 Å². The van der Waals surface area contributed by atoms with E-state index in [4.69, 9.17) is 9.47 Å². The van der Waals surface area contributed by atoms with Gasteiger partial charge in [0.25, 0.3) is 0 Å². The first-order chi connectivity index (χ1) is 24.8. The molecule has 1 spiro atoms. The minimum Gasteiger partial charge on any atom is -0.444 e. The standard InChI is InChI=1S/C41H44N2O10/c1-39(2,3)52-37(50)42-13-11-21(12-14-42)31(44)29-33(46)25-9-7-22(15-27(25)35(29)48)23-8-10-26-28(16-23)36(49)30(34(26)47)32(45)24-17-41(18-24)19-43(20-41)38(51)53-40(4,5)6/h7-10,15-16,21,24,29-30H,11-14,17-20H2,1-6H3. The van der Waals surface area contributed by atoms with Crippen molar-refractivity contribution in [3.8, 4) is 11.1 Å². The maximum absolute atomic E-state index is 13.6. The number of benzene rings is 2. The van der Waals surface area contributed by atoms with Crippen LogP contribution in [0.4, 0.5) is 9.59 Å². The first-order valence-electron chi connectivity index (χ1n) is 18.2. The lowest BCUT2D eigenvalue weighted by Crippen LogP contribution is -2.65. The molecule has 2 amide bonds. The van der Waals surface area contributed by atoms with Crippen molar-refractivity contribution in [3.63, 3.8) is 0 Å². The topological polar surface area (TPSA) is 162 Å². The van der Waals surface area contributed by atoms with Crippen LogP contribution in [-0.4, -0.2) is 94.1 Å². The van der Waals surface area contributed by atoms with Crippen molar-refractivity contribution in [2.24, 2.45) is 29.1 Å². The molecule has 1 saturated carbocycles. The summed E-state index contributed by atoms with van der Waals surface area (Å²) in [6.45, 7) is 12.2. The van der Waals surface area contributed by atoms with Gasteiger partial charge in [0, 0.05) is 65.7 Å². The zero-order valence-electron chi connectivity index (χ0n) is 30.9. The molecule has 53 heavy (non-hydrogen) atoms. The highest BCUT2D eigenvalue weighted by Crippen LogP contribution is 2.53. The van der Waals surface area contributed by atoms with Crippen LogP contribution in [0, 0.1) is 29.1 Å². The molecule has 278 valence electrons. The molecule has 3 fully saturated rings. The van der Waals surface area contributed by atoms with E-state index in [1.165, 1.54) is 23.1 Å². The number of fused-ring (bicyclic) bond motifs is 2. The van der Waals surface area contributed by atoms with Gasteiger partial charge in [-0.15, -0.1) is 0 Å². The van der Waals surface area contributed by atoms with Crippen LogP contribution in [-0.2, 0) is 19.1 Å². The first-order valence-corrected chi connectivity index (χ1v) is 18.2. The van der Waals surface area contributed by atoms with Crippen LogP contribution in [0.25, 0.3) is 11.1 Å². The van der Waals surface area contributed by atoms with E-state index in [1.807, 2.05) is 0 Å². The predicted octanol–water partition coefficient (Wildman–Crippen LogP) is 5.78. The van der Waals surface area contributed by atoms with Gasteiger partial charge in [-0.05, 0) is 90.5 Å². The highest BCUT2D eigenvalue weighted by Gasteiger charge is 2.58. The number of nitrogens with zero attached hydrogens (tertiary/aromatic N) is 2. The van der Waals surface area contributed by atoms with E-state index in [2.05, 4.69) is 0 Å². The summed E-state index contributed by atoms with van der Waals surface area (Å²) >= 11 is 0. The largest absolute Gasteiger partial charge is 0.444 e. The van der Waals surface area contributed by atoms with E-state index >= 15 is 0 Å². The Kier molecular flexibility index (Phi) is 8.61. The SMILES string of the molecule is CC(C)(C)OC(=O)N1CCC(C(=O)C2C(=O)c3ccc(-c4ccc5c(c4)C(=O)C(C(=O)C4CC6(C4)CN(C(=O)OC(C)(C)C)C6)C5=O)cc3C2=O)CC1. The Morgan fingerprint density at radius 1 is 0.585 bits per heavy atom. The minimum absolute atomic E-state index is 0.119. The van der Waals surface area contributed by atoms with Gasteiger partial charge in [-0.2, -0.15) is 0 Å². The third kappa shape index (κ3) is 6.50. The summed E-state index contributed by atoms with van der Waals surface area (Å²) in [5.41, 5.74) is 0.145. The van der Waals surface area contributed by atoms with Gasteiger partial charge in [0.2, 0.25) is 0 Å². The van der Waals surface area contributed by atoms with Gasteiger partial charge in [-0.3, -0.25) is 28.8 Å². The highest BCUT2D eigenvalue weighted by molar-refractivity contribution is 6.37.